The number of aromatic amines is 1. The van der Waals surface area contributed by atoms with Crippen LogP contribution in [0.3, 0.4) is 0 Å². The van der Waals surface area contributed by atoms with Crippen molar-refractivity contribution in [3.8, 4) is 17.1 Å². The third kappa shape index (κ3) is 3.85. The number of nitrogens with one attached hydrogen (secondary N) is 1. The number of hydrogen-bond donors (Lipinski definition) is 2. The molecule has 3 heterocycles. The zero-order chi connectivity index (χ0) is 20.5. The molecule has 4 rings (SSSR count). The Morgan fingerprint density at radius 1 is 1.24 bits per heavy atom. The zero-order valence-corrected chi connectivity index (χ0v) is 15.8. The summed E-state index contributed by atoms with van der Waals surface area (Å²) in [6.07, 6.45) is -1.19. The van der Waals surface area contributed by atoms with Gasteiger partial charge in [0.05, 0.1) is 5.69 Å². The molecule has 0 spiro atoms. The lowest BCUT2D eigenvalue weighted by molar-refractivity contribution is 0.0190. The Labute approximate surface area is 164 Å². The second kappa shape index (κ2) is 7.88. The fourth-order valence-electron chi connectivity index (χ4n) is 3.60. The van der Waals surface area contributed by atoms with Crippen LogP contribution in [-0.2, 0) is 0 Å². The predicted octanol–water partition coefficient (Wildman–Crippen LogP) is 2.12. The maximum absolute atomic E-state index is 12.4. The monoisotopic (exact) mass is 405 g/mol. The van der Waals surface area contributed by atoms with Gasteiger partial charge in [-0.25, -0.2) is 13.6 Å². The molecule has 0 amide bonds. The van der Waals surface area contributed by atoms with Crippen molar-refractivity contribution >= 4 is 5.65 Å². The lowest BCUT2D eigenvalue weighted by Gasteiger charge is -2.22. The smallest absolute Gasteiger partial charge is 0.352 e. The number of halogens is 2. The van der Waals surface area contributed by atoms with Gasteiger partial charge in [0.1, 0.15) is 6.23 Å². The molecule has 0 radical (unpaired) electrons. The largest absolute Gasteiger partial charge is 0.459 e. The summed E-state index contributed by atoms with van der Waals surface area (Å²) in [6.45, 7) is 2.59. The van der Waals surface area contributed by atoms with Crippen LogP contribution in [0.5, 0.6) is 6.01 Å². The first-order valence-electron chi connectivity index (χ1n) is 9.37. The Morgan fingerprint density at radius 2 is 1.93 bits per heavy atom. The van der Waals surface area contributed by atoms with E-state index in [4.69, 9.17) is 4.74 Å². The number of benzene rings is 1. The second-order valence-corrected chi connectivity index (χ2v) is 6.98. The van der Waals surface area contributed by atoms with Crippen LogP contribution in [0.1, 0.15) is 30.3 Å². The van der Waals surface area contributed by atoms with Gasteiger partial charge in [0.25, 0.3) is 12.4 Å². The molecule has 1 saturated heterocycles. The molecule has 8 nitrogen and oxygen atoms in total. The van der Waals surface area contributed by atoms with E-state index in [0.29, 0.717) is 11.3 Å². The van der Waals surface area contributed by atoms with Crippen molar-refractivity contribution in [1.82, 2.24) is 24.5 Å². The maximum Gasteiger partial charge on any atom is 0.352 e. The van der Waals surface area contributed by atoms with Crippen LogP contribution in [0, 0.1) is 6.92 Å². The molecule has 2 aromatic heterocycles. The van der Waals surface area contributed by atoms with Crippen molar-refractivity contribution in [2.24, 2.45) is 0 Å². The van der Waals surface area contributed by atoms with E-state index < -0.39 is 24.9 Å². The zero-order valence-electron chi connectivity index (χ0n) is 15.8. The van der Waals surface area contributed by atoms with E-state index >= 15 is 0 Å². The summed E-state index contributed by atoms with van der Waals surface area (Å²) in [6, 6.07) is 7.00. The predicted molar refractivity (Wildman–Crippen MR) is 101 cm³/mol. The third-order valence-electron chi connectivity index (χ3n) is 4.98. The van der Waals surface area contributed by atoms with Crippen molar-refractivity contribution in [3.05, 3.63) is 46.0 Å². The molecule has 0 saturated carbocycles. The van der Waals surface area contributed by atoms with Crippen LogP contribution in [0.4, 0.5) is 8.78 Å². The molecule has 2 N–H and O–H groups in total. The van der Waals surface area contributed by atoms with Crippen LogP contribution in [0.15, 0.2) is 29.1 Å². The van der Waals surface area contributed by atoms with E-state index in [-0.39, 0.29) is 11.7 Å². The fraction of sp³-hybridized carbons (Fsp3) is 0.421. The number of aliphatic hydroxyl groups is 1. The number of likely N-dealkylation sites (tertiary alicyclic amines) is 1. The number of rotatable bonds is 6. The molecule has 1 unspecified atom stereocenters. The van der Waals surface area contributed by atoms with E-state index in [1.807, 2.05) is 29.2 Å². The lowest BCUT2D eigenvalue weighted by Crippen LogP contribution is -2.25. The van der Waals surface area contributed by atoms with E-state index in [2.05, 4.69) is 15.1 Å². The van der Waals surface area contributed by atoms with Gasteiger partial charge in [-0.05, 0) is 30.9 Å². The van der Waals surface area contributed by atoms with Crippen molar-refractivity contribution in [1.29, 1.82) is 0 Å². The summed E-state index contributed by atoms with van der Waals surface area (Å²) in [5.41, 5.74) is 2.25. The van der Waals surface area contributed by atoms with Gasteiger partial charge in [0, 0.05) is 18.7 Å². The minimum atomic E-state index is -2.68. The highest BCUT2D eigenvalue weighted by atomic mass is 19.3. The summed E-state index contributed by atoms with van der Waals surface area (Å²) in [4.78, 5) is 20.7. The first-order chi connectivity index (χ1) is 13.9. The molecule has 0 bridgehead atoms. The molecular formula is C19H21F2N5O3. The molecule has 1 fully saturated rings. The van der Waals surface area contributed by atoms with E-state index in [1.54, 1.807) is 6.92 Å². The number of aryl methyl sites for hydroxylation is 1. The number of aromatic nitrogens is 4. The van der Waals surface area contributed by atoms with Gasteiger partial charge >= 0.3 is 5.69 Å². The standard InChI is InChI=1S/C19H21F2N5O3/c1-11-15(12-4-6-13(7-5-12)17(27)25-8-2-3-9-25)16-22-18(29-10-14(20)21)23-19(28)26(16)24-11/h4-7,14,17,27H,2-3,8-10H2,1H3,(H,22,23,28). The van der Waals surface area contributed by atoms with Gasteiger partial charge in [-0.2, -0.15) is 14.6 Å². The molecule has 1 aliphatic rings. The van der Waals surface area contributed by atoms with Crippen molar-refractivity contribution in [2.75, 3.05) is 19.7 Å². The molecule has 1 atom stereocenters. The van der Waals surface area contributed by atoms with Crippen LogP contribution in [0.25, 0.3) is 16.8 Å². The SMILES string of the molecule is Cc1nn2c(=O)[nH]c(OCC(F)F)nc2c1-c1ccc(C(O)N2CCCC2)cc1. The maximum atomic E-state index is 12.4. The number of hydrogen-bond acceptors (Lipinski definition) is 6. The van der Waals surface area contributed by atoms with Crippen molar-refractivity contribution in [2.45, 2.75) is 32.4 Å². The molecule has 1 aromatic carbocycles. The molecule has 1 aliphatic heterocycles. The molecule has 29 heavy (non-hydrogen) atoms. The Kier molecular flexibility index (Phi) is 5.29. The highest BCUT2D eigenvalue weighted by Crippen LogP contribution is 2.29. The van der Waals surface area contributed by atoms with Crippen LogP contribution in [0.2, 0.25) is 0 Å². The highest BCUT2D eigenvalue weighted by Gasteiger charge is 2.22. The molecule has 10 heteroatoms. The molecule has 0 aliphatic carbocycles. The first kappa shape index (κ1) is 19.5. The molecular weight excluding hydrogens is 384 g/mol. The number of aliphatic hydroxyl groups excluding tert-OH is 1. The summed E-state index contributed by atoms with van der Waals surface area (Å²) in [5, 5.41) is 14.7. The van der Waals surface area contributed by atoms with Gasteiger partial charge in [-0.15, -0.1) is 0 Å². The first-order valence-corrected chi connectivity index (χ1v) is 9.37. The Bertz CT molecular complexity index is 1060. The van der Waals surface area contributed by atoms with Gasteiger partial charge in [-0.3, -0.25) is 9.88 Å². The van der Waals surface area contributed by atoms with Gasteiger partial charge < -0.3 is 9.84 Å². The quantitative estimate of drug-likeness (QED) is 0.652. The normalized spacial score (nSPS) is 16.0. The number of fused-ring (bicyclic) bond motifs is 1. The molecule has 154 valence electrons. The second-order valence-electron chi connectivity index (χ2n) is 6.98. The average Bonchev–Trinajstić information content (AvgIpc) is 3.34. The number of alkyl halides is 2. The minimum absolute atomic E-state index is 0.211. The number of nitrogens with zero attached hydrogens (tertiary/aromatic N) is 4. The van der Waals surface area contributed by atoms with Gasteiger partial charge in [0.2, 0.25) is 0 Å². The van der Waals surface area contributed by atoms with Crippen molar-refractivity contribution < 1.29 is 18.6 Å². The van der Waals surface area contributed by atoms with Crippen LogP contribution < -0.4 is 10.4 Å². The molecule has 3 aromatic rings. The average molecular weight is 405 g/mol. The highest BCUT2D eigenvalue weighted by molar-refractivity contribution is 5.79. The Hall–Kier alpha value is -2.85. The summed E-state index contributed by atoms with van der Waals surface area (Å²) >= 11 is 0. The minimum Gasteiger partial charge on any atom is -0.459 e. The summed E-state index contributed by atoms with van der Waals surface area (Å²) in [5.74, 6) is 0. The summed E-state index contributed by atoms with van der Waals surface area (Å²) < 4.78 is 30.8. The van der Waals surface area contributed by atoms with E-state index in [0.717, 1.165) is 41.6 Å². The van der Waals surface area contributed by atoms with Crippen LogP contribution in [-0.4, -0.2) is 55.7 Å². The topological polar surface area (TPSA) is 95.8 Å². The Balaban J connectivity index is 1.69. The summed E-state index contributed by atoms with van der Waals surface area (Å²) in [7, 11) is 0. The lowest BCUT2D eigenvalue weighted by atomic mass is 10.0. The van der Waals surface area contributed by atoms with Gasteiger partial charge in [0.15, 0.2) is 12.3 Å². The van der Waals surface area contributed by atoms with Gasteiger partial charge in [-0.1, -0.05) is 24.3 Å². The number of ether oxygens (including phenoxy) is 1. The van der Waals surface area contributed by atoms with E-state index in [1.165, 1.54) is 0 Å². The van der Waals surface area contributed by atoms with E-state index in [9.17, 15) is 18.7 Å². The Morgan fingerprint density at radius 3 is 2.59 bits per heavy atom. The van der Waals surface area contributed by atoms with Crippen LogP contribution >= 0.6 is 0 Å². The fourth-order valence-corrected chi connectivity index (χ4v) is 3.60. The number of H-pyrrole nitrogens is 1. The third-order valence-corrected chi connectivity index (χ3v) is 4.98. The van der Waals surface area contributed by atoms with Crippen molar-refractivity contribution in [3.63, 3.8) is 0 Å².